The second-order valence-electron chi connectivity index (χ2n) is 3.38. The highest BCUT2D eigenvalue weighted by atomic mass is 79.9. The highest BCUT2D eigenvalue weighted by Gasteiger charge is 2.32. The Morgan fingerprint density at radius 3 is 2.45 bits per heavy atom. The molecule has 1 fully saturated rings. The maximum atomic E-state index is 11.5. The van der Waals surface area contributed by atoms with Crippen molar-refractivity contribution >= 4 is 23.1 Å². The van der Waals surface area contributed by atoms with E-state index in [1.54, 1.807) is 13.3 Å². The molecule has 66 valence electrons. The summed E-state index contributed by atoms with van der Waals surface area (Å²) in [5, 5.41) is 0.865. The Hall–Kier alpha value is 0.670. The lowest BCUT2D eigenvalue weighted by molar-refractivity contribution is 0.103. The van der Waals surface area contributed by atoms with Crippen molar-refractivity contribution in [3.8, 4) is 0 Å². The number of alkyl halides is 1. The predicted octanol–water partition coefficient (Wildman–Crippen LogP) is 2.51. The van der Waals surface area contributed by atoms with Crippen molar-refractivity contribution in [1.29, 1.82) is 0 Å². The fourth-order valence-corrected chi connectivity index (χ4v) is 2.97. The molecule has 11 heavy (non-hydrogen) atoms. The van der Waals surface area contributed by atoms with Crippen LogP contribution in [0.15, 0.2) is 0 Å². The molecule has 0 N–H and O–H groups in total. The summed E-state index contributed by atoms with van der Waals surface area (Å²) in [4.78, 5) is 0. The molecule has 1 saturated heterocycles. The van der Waals surface area contributed by atoms with Crippen LogP contribution in [0.4, 0.5) is 0 Å². The van der Waals surface area contributed by atoms with Gasteiger partial charge in [-0.1, -0.05) is 15.9 Å². The summed E-state index contributed by atoms with van der Waals surface area (Å²) >= 11 is 3.36. The van der Waals surface area contributed by atoms with Gasteiger partial charge in [0.1, 0.15) is 13.0 Å². The fourth-order valence-electron chi connectivity index (χ4n) is 1.26. The summed E-state index contributed by atoms with van der Waals surface area (Å²) in [6, 6.07) is 0. The molecule has 1 aliphatic rings. The molecule has 0 radical (unpaired) electrons. The van der Waals surface area contributed by atoms with Gasteiger partial charge in [0.15, 0.2) is 0 Å². The lowest BCUT2D eigenvalue weighted by atomic mass is 10.3. The topological polar surface area (TPSA) is 26.3 Å². The monoisotopic (exact) mass is 240 g/mol. The average Bonchev–Trinajstić information content (AvgIpc) is 2.32. The van der Waals surface area contributed by atoms with Crippen LogP contribution in [0.1, 0.15) is 12.8 Å². The molecule has 0 bridgehead atoms. The number of hydrogen-bond donors (Lipinski definition) is 0. The first-order valence-corrected chi connectivity index (χ1v) is 7.59. The zero-order valence-electron chi connectivity index (χ0n) is 6.92. The molecular formula is C7H14BrO2P. The number of rotatable bonds is 2. The first-order chi connectivity index (χ1) is 5.04. The molecule has 0 spiro atoms. The Bertz CT molecular complexity index is 177. The smallest absolute Gasteiger partial charge is 0.110 e. The molecule has 0 aromatic heterocycles. The van der Waals surface area contributed by atoms with Crippen molar-refractivity contribution in [2.45, 2.75) is 24.8 Å². The Labute approximate surface area is 76.2 Å². The van der Waals surface area contributed by atoms with Gasteiger partial charge < -0.3 is 9.30 Å². The number of hydrogen-bond acceptors (Lipinski definition) is 2. The van der Waals surface area contributed by atoms with Crippen LogP contribution < -0.4 is 0 Å². The van der Waals surface area contributed by atoms with Crippen LogP contribution in [0.5, 0.6) is 0 Å². The van der Waals surface area contributed by atoms with Gasteiger partial charge in [0.25, 0.3) is 0 Å². The predicted molar refractivity (Wildman–Crippen MR) is 51.1 cm³/mol. The second kappa shape index (κ2) is 3.59. The molecule has 0 unspecified atom stereocenters. The van der Waals surface area contributed by atoms with Gasteiger partial charge in [0.2, 0.25) is 0 Å². The van der Waals surface area contributed by atoms with Gasteiger partial charge >= 0.3 is 0 Å². The van der Waals surface area contributed by atoms with Gasteiger partial charge in [0, 0.05) is 5.33 Å². The summed E-state index contributed by atoms with van der Waals surface area (Å²) < 4.78 is 17.1. The van der Waals surface area contributed by atoms with Crippen LogP contribution in [0.3, 0.4) is 0 Å². The fraction of sp³-hybridized carbons (Fsp3) is 1.00. The normalized spacial score (nSPS) is 32.6. The van der Waals surface area contributed by atoms with Crippen molar-refractivity contribution < 1.29 is 9.30 Å². The van der Waals surface area contributed by atoms with Crippen LogP contribution in [-0.4, -0.2) is 30.6 Å². The average molecular weight is 241 g/mol. The summed E-state index contributed by atoms with van der Waals surface area (Å²) in [5.74, 6) is 0.0186. The van der Waals surface area contributed by atoms with Crippen LogP contribution in [-0.2, 0) is 9.30 Å². The van der Waals surface area contributed by atoms with Crippen molar-refractivity contribution in [3.63, 3.8) is 0 Å². The quantitative estimate of drug-likeness (QED) is 0.548. The van der Waals surface area contributed by atoms with E-state index in [9.17, 15) is 4.57 Å². The van der Waals surface area contributed by atoms with E-state index < -0.39 is 7.14 Å². The molecule has 0 aromatic rings. The summed E-state index contributed by atoms with van der Waals surface area (Å²) in [7, 11) is -2.01. The maximum absolute atomic E-state index is 11.5. The van der Waals surface area contributed by atoms with Crippen LogP contribution in [0.2, 0.25) is 0 Å². The van der Waals surface area contributed by atoms with E-state index in [-0.39, 0.29) is 11.9 Å². The summed E-state index contributed by atoms with van der Waals surface area (Å²) in [5.41, 5.74) is 0. The third-order valence-electron chi connectivity index (χ3n) is 1.95. The Kier molecular flexibility index (Phi) is 3.18. The molecule has 1 heterocycles. The van der Waals surface area contributed by atoms with Crippen LogP contribution in [0, 0.1) is 0 Å². The molecular weight excluding hydrogens is 227 g/mol. The minimum Gasteiger partial charge on any atom is -0.366 e. The molecule has 0 saturated carbocycles. The van der Waals surface area contributed by atoms with E-state index in [1.165, 1.54) is 0 Å². The highest BCUT2D eigenvalue weighted by molar-refractivity contribution is 9.09. The first kappa shape index (κ1) is 9.76. The SMILES string of the molecule is CP(C)(=O)[C@@H]1CC[C@@H](CBr)O1. The molecule has 0 aliphatic carbocycles. The first-order valence-electron chi connectivity index (χ1n) is 3.80. The van der Waals surface area contributed by atoms with E-state index in [4.69, 9.17) is 4.74 Å². The number of halogens is 1. The van der Waals surface area contributed by atoms with E-state index in [1.807, 2.05) is 0 Å². The van der Waals surface area contributed by atoms with E-state index in [0.717, 1.165) is 18.2 Å². The lowest BCUT2D eigenvalue weighted by Gasteiger charge is -2.15. The zero-order chi connectivity index (χ0) is 8.48. The van der Waals surface area contributed by atoms with Gasteiger partial charge in [-0.05, 0) is 26.2 Å². The highest BCUT2D eigenvalue weighted by Crippen LogP contribution is 2.48. The van der Waals surface area contributed by atoms with Gasteiger partial charge in [0.05, 0.1) is 6.10 Å². The standard InChI is InChI=1S/C7H14BrO2P/c1-11(2,9)7-4-3-6(5-8)10-7/h6-7H,3-5H2,1-2H3/t6-,7+/m0/s1. The largest absolute Gasteiger partial charge is 0.366 e. The van der Waals surface area contributed by atoms with Gasteiger partial charge in [-0.15, -0.1) is 0 Å². The van der Waals surface area contributed by atoms with Crippen molar-refractivity contribution in [1.82, 2.24) is 0 Å². The Morgan fingerprint density at radius 1 is 1.55 bits per heavy atom. The molecule has 1 rings (SSSR count). The second-order valence-corrected chi connectivity index (χ2v) is 7.47. The minimum atomic E-state index is -2.01. The Morgan fingerprint density at radius 2 is 2.18 bits per heavy atom. The zero-order valence-corrected chi connectivity index (χ0v) is 9.40. The van der Waals surface area contributed by atoms with Gasteiger partial charge in [-0.2, -0.15) is 0 Å². The molecule has 2 atom stereocenters. The number of ether oxygens (including phenoxy) is 1. The maximum Gasteiger partial charge on any atom is 0.110 e. The molecule has 2 nitrogen and oxygen atoms in total. The van der Waals surface area contributed by atoms with Gasteiger partial charge in [-0.25, -0.2) is 0 Å². The van der Waals surface area contributed by atoms with Gasteiger partial charge in [-0.3, -0.25) is 0 Å². The van der Waals surface area contributed by atoms with Crippen molar-refractivity contribution in [3.05, 3.63) is 0 Å². The molecule has 4 heteroatoms. The van der Waals surface area contributed by atoms with Crippen LogP contribution in [0.25, 0.3) is 0 Å². The summed E-state index contributed by atoms with van der Waals surface area (Å²) in [6.45, 7) is 3.60. The molecule has 0 amide bonds. The van der Waals surface area contributed by atoms with E-state index >= 15 is 0 Å². The minimum absolute atomic E-state index is 0.0186. The lowest BCUT2D eigenvalue weighted by Crippen LogP contribution is -2.11. The summed E-state index contributed by atoms with van der Waals surface area (Å²) in [6.07, 6.45) is 2.29. The molecule has 0 aromatic carbocycles. The third kappa shape index (κ3) is 2.57. The third-order valence-corrected chi connectivity index (χ3v) is 4.44. The van der Waals surface area contributed by atoms with Crippen molar-refractivity contribution in [2.24, 2.45) is 0 Å². The van der Waals surface area contributed by atoms with Crippen molar-refractivity contribution in [2.75, 3.05) is 18.7 Å². The Balaban J connectivity index is 2.48. The molecule has 1 aliphatic heterocycles. The van der Waals surface area contributed by atoms with Crippen LogP contribution >= 0.6 is 23.1 Å². The van der Waals surface area contributed by atoms with E-state index in [2.05, 4.69) is 15.9 Å². The van der Waals surface area contributed by atoms with E-state index in [0.29, 0.717) is 0 Å².